The smallest absolute Gasteiger partial charge is 0.415 e. The van der Waals surface area contributed by atoms with Crippen molar-refractivity contribution in [2.45, 2.75) is 6.10 Å². The number of alkyl carbamates (subject to hydrolysis) is 1. The number of cyclic esters (lactones) is 1. The molecule has 1 fully saturated rings. The number of hydrogen-bond acceptors (Lipinski definition) is 4. The Morgan fingerprint density at radius 1 is 1.43 bits per heavy atom. The lowest BCUT2D eigenvalue weighted by Crippen LogP contribution is -2.20. The predicted molar refractivity (Wildman–Crippen MR) is 49.3 cm³/mol. The molecule has 1 aliphatic heterocycles. The average molecular weight is 257 g/mol. The molecule has 1 unspecified atom stereocenters. The second-order valence-electron chi connectivity index (χ2n) is 2.68. The van der Waals surface area contributed by atoms with E-state index in [1.165, 1.54) is 6.20 Å². The van der Waals surface area contributed by atoms with Crippen molar-refractivity contribution >= 4 is 27.9 Å². The van der Waals surface area contributed by atoms with Crippen LogP contribution in [0.2, 0.25) is 0 Å². The molecule has 5 nitrogen and oxygen atoms in total. The van der Waals surface area contributed by atoms with Gasteiger partial charge in [-0.2, -0.15) is 0 Å². The van der Waals surface area contributed by atoms with Crippen molar-refractivity contribution in [1.82, 2.24) is 10.3 Å². The third-order valence-corrected chi connectivity index (χ3v) is 2.18. The zero-order chi connectivity index (χ0) is 10.1. The summed E-state index contributed by atoms with van der Waals surface area (Å²) in [6.45, 7) is 0. The maximum Gasteiger partial charge on any atom is 0.415 e. The maximum absolute atomic E-state index is 11.2. The third-order valence-electron chi connectivity index (χ3n) is 1.71. The van der Waals surface area contributed by atoms with Gasteiger partial charge in [0.1, 0.15) is 0 Å². The molecule has 6 heteroatoms. The van der Waals surface area contributed by atoms with Crippen molar-refractivity contribution in [2.75, 3.05) is 0 Å². The molecule has 2 heterocycles. The number of amides is 2. The maximum atomic E-state index is 11.2. The second kappa shape index (κ2) is 3.38. The minimum Gasteiger partial charge on any atom is -0.429 e. The lowest BCUT2D eigenvalue weighted by Gasteiger charge is -2.04. The Balaban J connectivity index is 2.27. The average Bonchev–Trinajstić information content (AvgIpc) is 2.47. The number of aromatic nitrogens is 1. The van der Waals surface area contributed by atoms with Crippen molar-refractivity contribution in [1.29, 1.82) is 0 Å². The summed E-state index contributed by atoms with van der Waals surface area (Å²) in [5.41, 5.74) is 0.413. The first-order chi connectivity index (χ1) is 6.66. The van der Waals surface area contributed by atoms with Crippen LogP contribution in [-0.4, -0.2) is 17.0 Å². The van der Waals surface area contributed by atoms with Gasteiger partial charge in [-0.15, -0.1) is 0 Å². The highest BCUT2D eigenvalue weighted by Gasteiger charge is 2.34. The lowest BCUT2D eigenvalue weighted by atomic mass is 10.2. The molecule has 14 heavy (non-hydrogen) atoms. The largest absolute Gasteiger partial charge is 0.429 e. The monoisotopic (exact) mass is 256 g/mol. The standard InChI is InChI=1S/C8H5BrN2O3/c9-4-1-2-5(10-3-4)6-7(12)11-8(13)14-6/h1-3,6H,(H,11,12,13). The molecule has 0 radical (unpaired) electrons. The van der Waals surface area contributed by atoms with Crippen LogP contribution in [0.25, 0.3) is 0 Å². The van der Waals surface area contributed by atoms with E-state index >= 15 is 0 Å². The summed E-state index contributed by atoms with van der Waals surface area (Å²) in [6.07, 6.45) is -0.116. The predicted octanol–water partition coefficient (Wildman–Crippen LogP) is 1.15. The van der Waals surface area contributed by atoms with Crippen LogP contribution in [-0.2, 0) is 9.53 Å². The molecular formula is C8H5BrN2O3. The van der Waals surface area contributed by atoms with Gasteiger partial charge in [-0.05, 0) is 28.1 Å². The van der Waals surface area contributed by atoms with Crippen LogP contribution in [0.3, 0.4) is 0 Å². The van der Waals surface area contributed by atoms with Crippen molar-refractivity contribution in [3.63, 3.8) is 0 Å². The first-order valence-electron chi connectivity index (χ1n) is 3.80. The quantitative estimate of drug-likeness (QED) is 0.819. The van der Waals surface area contributed by atoms with Crippen LogP contribution in [0.15, 0.2) is 22.8 Å². The Kier molecular flexibility index (Phi) is 2.20. The number of ether oxygens (including phenoxy) is 1. The Morgan fingerprint density at radius 2 is 2.21 bits per heavy atom. The van der Waals surface area contributed by atoms with Gasteiger partial charge in [-0.3, -0.25) is 15.1 Å². The van der Waals surface area contributed by atoms with Crippen LogP contribution in [0.5, 0.6) is 0 Å². The molecule has 0 aliphatic carbocycles. The molecule has 2 amide bonds. The van der Waals surface area contributed by atoms with Gasteiger partial charge in [0.05, 0.1) is 5.69 Å². The van der Waals surface area contributed by atoms with E-state index in [1.807, 2.05) is 5.32 Å². The third kappa shape index (κ3) is 1.60. The molecule has 0 bridgehead atoms. The van der Waals surface area contributed by atoms with Gasteiger partial charge >= 0.3 is 6.09 Å². The number of halogens is 1. The second-order valence-corrected chi connectivity index (χ2v) is 3.59. The lowest BCUT2D eigenvalue weighted by molar-refractivity contribution is -0.123. The summed E-state index contributed by atoms with van der Waals surface area (Å²) < 4.78 is 5.52. The van der Waals surface area contributed by atoms with Gasteiger partial charge < -0.3 is 4.74 Å². The molecule has 1 atom stereocenters. The molecule has 0 saturated carbocycles. The van der Waals surface area contributed by atoms with E-state index in [0.29, 0.717) is 5.69 Å². The van der Waals surface area contributed by atoms with Gasteiger partial charge in [0.2, 0.25) is 6.10 Å². The van der Waals surface area contributed by atoms with E-state index in [2.05, 4.69) is 20.9 Å². The number of imide groups is 1. The first-order valence-corrected chi connectivity index (χ1v) is 4.59. The molecule has 72 valence electrons. The number of pyridine rings is 1. The highest BCUT2D eigenvalue weighted by atomic mass is 79.9. The highest BCUT2D eigenvalue weighted by Crippen LogP contribution is 2.20. The minimum absolute atomic E-state index is 0.413. The molecule has 2 rings (SSSR count). The van der Waals surface area contributed by atoms with E-state index in [-0.39, 0.29) is 0 Å². The number of rotatable bonds is 1. The van der Waals surface area contributed by atoms with Crippen LogP contribution in [0, 0.1) is 0 Å². The molecule has 1 aromatic heterocycles. The Bertz CT molecular complexity index is 390. The van der Waals surface area contributed by atoms with E-state index < -0.39 is 18.1 Å². The zero-order valence-corrected chi connectivity index (χ0v) is 8.45. The minimum atomic E-state index is -0.921. The van der Waals surface area contributed by atoms with Crippen LogP contribution in [0.1, 0.15) is 11.8 Å². The van der Waals surface area contributed by atoms with Crippen molar-refractivity contribution in [2.24, 2.45) is 0 Å². The Labute approximate surface area is 87.6 Å². The number of hydrogen-bond donors (Lipinski definition) is 1. The summed E-state index contributed by atoms with van der Waals surface area (Å²) in [7, 11) is 0. The Morgan fingerprint density at radius 3 is 2.71 bits per heavy atom. The number of nitrogens with one attached hydrogen (secondary N) is 1. The fraction of sp³-hybridized carbons (Fsp3) is 0.125. The van der Waals surface area contributed by atoms with Crippen molar-refractivity contribution < 1.29 is 14.3 Å². The van der Waals surface area contributed by atoms with E-state index in [1.54, 1.807) is 12.1 Å². The van der Waals surface area contributed by atoms with E-state index in [0.717, 1.165) is 4.47 Å². The van der Waals surface area contributed by atoms with Gasteiger partial charge in [0, 0.05) is 10.7 Å². The first kappa shape index (κ1) is 9.14. The van der Waals surface area contributed by atoms with Crippen LogP contribution < -0.4 is 5.32 Å². The van der Waals surface area contributed by atoms with Crippen LogP contribution >= 0.6 is 15.9 Å². The number of carbonyl (C=O) groups is 2. The SMILES string of the molecule is O=C1NC(=O)C(c2ccc(Br)cn2)O1. The van der Waals surface area contributed by atoms with Gasteiger partial charge in [-0.1, -0.05) is 0 Å². The van der Waals surface area contributed by atoms with Gasteiger partial charge in [0.15, 0.2) is 0 Å². The highest BCUT2D eigenvalue weighted by molar-refractivity contribution is 9.10. The summed E-state index contributed by atoms with van der Waals surface area (Å²) >= 11 is 3.21. The molecule has 1 N–H and O–H groups in total. The topological polar surface area (TPSA) is 68.3 Å². The molecular weight excluding hydrogens is 252 g/mol. The summed E-state index contributed by atoms with van der Waals surface area (Å²) in [6, 6.07) is 3.34. The Hall–Kier alpha value is -1.43. The zero-order valence-electron chi connectivity index (χ0n) is 6.86. The molecule has 1 saturated heterocycles. The molecule has 0 spiro atoms. The van der Waals surface area contributed by atoms with Crippen LogP contribution in [0.4, 0.5) is 4.79 Å². The summed E-state index contributed by atoms with van der Waals surface area (Å²) in [4.78, 5) is 25.8. The molecule has 1 aromatic rings. The van der Waals surface area contributed by atoms with Gasteiger partial charge in [-0.25, -0.2) is 4.79 Å². The summed E-state index contributed by atoms with van der Waals surface area (Å²) in [5.74, 6) is -0.482. The fourth-order valence-electron chi connectivity index (χ4n) is 1.09. The molecule has 1 aliphatic rings. The van der Waals surface area contributed by atoms with E-state index in [9.17, 15) is 9.59 Å². The number of carbonyl (C=O) groups excluding carboxylic acids is 2. The van der Waals surface area contributed by atoms with Crippen molar-refractivity contribution in [3.8, 4) is 0 Å². The normalized spacial score (nSPS) is 20.5. The van der Waals surface area contributed by atoms with Crippen molar-refractivity contribution in [3.05, 3.63) is 28.5 Å². The van der Waals surface area contributed by atoms with E-state index in [4.69, 9.17) is 4.74 Å². The number of nitrogens with zero attached hydrogens (tertiary/aromatic N) is 1. The van der Waals surface area contributed by atoms with Gasteiger partial charge in [0.25, 0.3) is 5.91 Å². The molecule has 0 aromatic carbocycles. The fourth-order valence-corrected chi connectivity index (χ4v) is 1.33. The summed E-state index contributed by atoms with van der Waals surface area (Å²) in [5, 5.41) is 2.03.